The molecule has 2 aromatic rings. The maximum absolute atomic E-state index is 13.5. The first kappa shape index (κ1) is 12.9. The lowest BCUT2D eigenvalue weighted by Crippen LogP contribution is -1.99. The number of hydrogen-bond acceptors (Lipinski definition) is 2. The normalized spacial score (nSPS) is 10.2. The number of para-hydroxylation sites is 1. The maximum atomic E-state index is 13.5. The minimum Gasteiger partial charge on any atom is -0.455 e. The van der Waals surface area contributed by atoms with Gasteiger partial charge in [0.2, 0.25) is 5.12 Å². The number of rotatable bonds is 3. The van der Waals surface area contributed by atoms with E-state index < -0.39 is 10.9 Å². The fourth-order valence-corrected chi connectivity index (χ4v) is 1.83. The maximum Gasteiger partial charge on any atom is 0.223 e. The Morgan fingerprint density at radius 3 is 2.44 bits per heavy atom. The zero-order valence-electron chi connectivity index (χ0n) is 9.06. The van der Waals surface area contributed by atoms with E-state index in [9.17, 15) is 9.18 Å². The summed E-state index contributed by atoms with van der Waals surface area (Å²) in [7, 11) is 0. The molecule has 0 amide bonds. The van der Waals surface area contributed by atoms with Crippen LogP contribution in [0.1, 0.15) is 10.4 Å². The summed E-state index contributed by atoms with van der Waals surface area (Å²) >= 11 is 9.55. The van der Waals surface area contributed by atoms with Crippen LogP contribution in [0.3, 0.4) is 0 Å². The van der Waals surface area contributed by atoms with Gasteiger partial charge in [0.25, 0.3) is 0 Å². The van der Waals surface area contributed by atoms with E-state index in [4.69, 9.17) is 16.3 Å². The van der Waals surface area contributed by atoms with Gasteiger partial charge in [-0.15, -0.1) is 12.6 Å². The van der Waals surface area contributed by atoms with Crippen LogP contribution in [0, 0.1) is 5.82 Å². The summed E-state index contributed by atoms with van der Waals surface area (Å²) in [6, 6.07) is 10.8. The molecule has 0 spiro atoms. The third kappa shape index (κ3) is 2.66. The summed E-state index contributed by atoms with van der Waals surface area (Å²) in [6.07, 6.45) is 0. The van der Waals surface area contributed by atoms with E-state index in [0.29, 0.717) is 10.8 Å². The van der Waals surface area contributed by atoms with Crippen molar-refractivity contribution in [1.29, 1.82) is 0 Å². The average Bonchev–Trinajstić information content (AvgIpc) is 2.31. The highest BCUT2D eigenvalue weighted by Gasteiger charge is 2.16. The highest BCUT2D eigenvalue weighted by molar-refractivity contribution is 7.97. The second-order valence-electron chi connectivity index (χ2n) is 3.45. The largest absolute Gasteiger partial charge is 0.455 e. The number of halogens is 2. The van der Waals surface area contributed by atoms with Gasteiger partial charge in [-0.25, -0.2) is 4.39 Å². The van der Waals surface area contributed by atoms with Crippen molar-refractivity contribution in [3.63, 3.8) is 0 Å². The average molecular weight is 283 g/mol. The molecular weight excluding hydrogens is 275 g/mol. The quantitative estimate of drug-likeness (QED) is 0.848. The third-order valence-electron chi connectivity index (χ3n) is 2.25. The summed E-state index contributed by atoms with van der Waals surface area (Å²) in [5.41, 5.74) is -0.208. The van der Waals surface area contributed by atoms with Gasteiger partial charge in [0.05, 0.1) is 5.02 Å². The van der Waals surface area contributed by atoms with Crippen molar-refractivity contribution in [3.05, 3.63) is 58.9 Å². The van der Waals surface area contributed by atoms with Crippen LogP contribution in [0.15, 0.2) is 42.5 Å². The molecular formula is C13H8ClFO2S. The lowest BCUT2D eigenvalue weighted by molar-refractivity contribution is 0.108. The topological polar surface area (TPSA) is 26.3 Å². The number of carbonyl (C=O) groups is 1. The monoisotopic (exact) mass is 282 g/mol. The zero-order chi connectivity index (χ0) is 13.1. The summed E-state index contributed by atoms with van der Waals surface area (Å²) in [5, 5.41) is -0.325. The molecule has 0 N–H and O–H groups in total. The van der Waals surface area contributed by atoms with E-state index in [1.54, 1.807) is 24.3 Å². The molecule has 18 heavy (non-hydrogen) atoms. The van der Waals surface area contributed by atoms with E-state index in [1.807, 2.05) is 0 Å². The Morgan fingerprint density at radius 2 is 1.78 bits per heavy atom. The molecule has 2 rings (SSSR count). The van der Waals surface area contributed by atoms with E-state index in [0.717, 1.165) is 0 Å². The first-order valence-corrected chi connectivity index (χ1v) is 5.86. The third-order valence-corrected chi connectivity index (χ3v) is 2.78. The summed E-state index contributed by atoms with van der Waals surface area (Å²) in [6.45, 7) is 0. The Morgan fingerprint density at radius 1 is 1.11 bits per heavy atom. The molecule has 0 atom stereocenters. The number of thiol groups is 1. The molecule has 0 aromatic heterocycles. The molecule has 0 saturated carbocycles. The molecule has 0 aliphatic carbocycles. The lowest BCUT2D eigenvalue weighted by atomic mass is 10.2. The Bertz CT molecular complexity index is 601. The fraction of sp³-hybridized carbons (Fsp3) is 0. The molecule has 0 aliphatic heterocycles. The van der Waals surface area contributed by atoms with E-state index in [2.05, 4.69) is 12.6 Å². The molecule has 2 aromatic carbocycles. The number of benzene rings is 2. The molecule has 0 radical (unpaired) electrons. The van der Waals surface area contributed by atoms with Crippen LogP contribution in [0.2, 0.25) is 5.02 Å². The van der Waals surface area contributed by atoms with Crippen molar-refractivity contribution < 1.29 is 13.9 Å². The minimum absolute atomic E-state index is 0.0862. The van der Waals surface area contributed by atoms with Gasteiger partial charge in [0, 0.05) is 0 Å². The van der Waals surface area contributed by atoms with Crippen molar-refractivity contribution in [1.82, 2.24) is 0 Å². The van der Waals surface area contributed by atoms with E-state index in [1.165, 1.54) is 18.2 Å². The molecule has 0 heterocycles. The summed E-state index contributed by atoms with van der Waals surface area (Å²) < 4.78 is 19.0. The van der Waals surface area contributed by atoms with Crippen LogP contribution >= 0.6 is 24.2 Å². The SMILES string of the molecule is O=C(S)c1c(F)cccc1Oc1ccccc1Cl. The van der Waals surface area contributed by atoms with Gasteiger partial charge < -0.3 is 4.74 Å². The van der Waals surface area contributed by atoms with Crippen LogP contribution in [0.25, 0.3) is 0 Å². The Kier molecular flexibility index (Phi) is 3.89. The Hall–Kier alpha value is -1.52. The van der Waals surface area contributed by atoms with E-state index in [-0.39, 0.29) is 11.3 Å². The molecule has 0 saturated heterocycles. The van der Waals surface area contributed by atoms with Gasteiger partial charge >= 0.3 is 0 Å². The summed E-state index contributed by atoms with van der Waals surface area (Å²) in [4.78, 5) is 11.3. The number of ether oxygens (including phenoxy) is 1. The molecule has 0 aliphatic rings. The van der Waals surface area contributed by atoms with Crippen molar-refractivity contribution in [2.75, 3.05) is 0 Å². The van der Waals surface area contributed by atoms with Crippen LogP contribution in [-0.2, 0) is 0 Å². The highest BCUT2D eigenvalue weighted by atomic mass is 35.5. The first-order valence-electron chi connectivity index (χ1n) is 5.04. The van der Waals surface area contributed by atoms with Crippen molar-refractivity contribution in [3.8, 4) is 11.5 Å². The zero-order valence-corrected chi connectivity index (χ0v) is 10.7. The molecule has 2 nitrogen and oxygen atoms in total. The minimum atomic E-state index is -0.699. The van der Waals surface area contributed by atoms with Crippen molar-refractivity contribution >= 4 is 29.3 Å². The van der Waals surface area contributed by atoms with Gasteiger partial charge in [-0.3, -0.25) is 4.79 Å². The summed E-state index contributed by atoms with van der Waals surface area (Å²) in [5.74, 6) is -0.247. The predicted molar refractivity (Wildman–Crippen MR) is 71.2 cm³/mol. The lowest BCUT2D eigenvalue weighted by Gasteiger charge is -2.10. The molecule has 5 heteroatoms. The fourth-order valence-electron chi connectivity index (χ4n) is 1.44. The molecule has 0 bridgehead atoms. The van der Waals surface area contributed by atoms with Gasteiger partial charge in [-0.2, -0.15) is 0 Å². The standard InChI is InChI=1S/C13H8ClFO2S/c14-8-4-1-2-6-10(8)17-11-7-3-5-9(15)12(11)13(16)18/h1-7H,(H,16,18). The molecule has 0 unspecified atom stereocenters. The van der Waals surface area contributed by atoms with Crippen LogP contribution in [-0.4, -0.2) is 5.12 Å². The van der Waals surface area contributed by atoms with Crippen LogP contribution in [0.5, 0.6) is 11.5 Å². The van der Waals surface area contributed by atoms with Crippen LogP contribution in [0.4, 0.5) is 4.39 Å². The smallest absolute Gasteiger partial charge is 0.223 e. The number of hydrogen-bond donors (Lipinski definition) is 1. The van der Waals surface area contributed by atoms with Crippen molar-refractivity contribution in [2.24, 2.45) is 0 Å². The van der Waals surface area contributed by atoms with Gasteiger partial charge in [-0.05, 0) is 24.3 Å². The molecule has 92 valence electrons. The van der Waals surface area contributed by atoms with E-state index >= 15 is 0 Å². The number of carbonyl (C=O) groups excluding carboxylic acids is 1. The van der Waals surface area contributed by atoms with Gasteiger partial charge in [0.15, 0.2) is 0 Å². The van der Waals surface area contributed by atoms with Gasteiger partial charge in [-0.1, -0.05) is 29.8 Å². The Labute approximate surface area is 114 Å². The second kappa shape index (κ2) is 5.42. The Balaban J connectivity index is 2.44. The first-order chi connectivity index (χ1) is 8.59. The van der Waals surface area contributed by atoms with Crippen LogP contribution < -0.4 is 4.74 Å². The predicted octanol–water partition coefficient (Wildman–Crippen LogP) is 4.34. The second-order valence-corrected chi connectivity index (χ2v) is 4.26. The van der Waals surface area contributed by atoms with Gasteiger partial charge in [0.1, 0.15) is 22.9 Å². The molecule has 0 fully saturated rings. The highest BCUT2D eigenvalue weighted by Crippen LogP contribution is 2.32. The van der Waals surface area contributed by atoms with Crippen molar-refractivity contribution in [2.45, 2.75) is 0 Å².